The Labute approximate surface area is 118 Å². The first kappa shape index (κ1) is 14.4. The maximum absolute atomic E-state index is 12.6. The Balaban J connectivity index is 2.13. The van der Waals surface area contributed by atoms with Gasteiger partial charge < -0.3 is 15.5 Å². The Bertz CT molecular complexity index is 511. The summed E-state index contributed by atoms with van der Waals surface area (Å²) < 4.78 is 1.62. The standard InChI is InChI=1S/C13H21N5O2/c1-3-18-12(11(14)9-15-18)13(20)17-6-4-5-16(7-8-17)10(2)19/h9H,3-8,14H2,1-2H3. The molecule has 1 fully saturated rings. The van der Waals surface area contributed by atoms with E-state index in [1.54, 1.807) is 21.4 Å². The molecule has 2 heterocycles. The van der Waals surface area contributed by atoms with Crippen molar-refractivity contribution in [3.63, 3.8) is 0 Å². The molecule has 0 aliphatic carbocycles. The second kappa shape index (κ2) is 5.94. The van der Waals surface area contributed by atoms with E-state index in [4.69, 9.17) is 5.73 Å². The minimum Gasteiger partial charge on any atom is -0.396 e. The smallest absolute Gasteiger partial charge is 0.274 e. The van der Waals surface area contributed by atoms with Gasteiger partial charge in [-0.05, 0) is 13.3 Å². The average molecular weight is 279 g/mol. The van der Waals surface area contributed by atoms with Crippen LogP contribution in [-0.2, 0) is 11.3 Å². The zero-order chi connectivity index (χ0) is 14.7. The molecule has 0 bridgehead atoms. The molecule has 1 aliphatic rings. The molecule has 2 rings (SSSR count). The molecule has 7 heteroatoms. The molecule has 1 aromatic heterocycles. The molecule has 1 saturated heterocycles. The zero-order valence-electron chi connectivity index (χ0n) is 12.0. The van der Waals surface area contributed by atoms with E-state index in [0.717, 1.165) is 6.42 Å². The number of nitrogen functional groups attached to an aromatic ring is 1. The maximum Gasteiger partial charge on any atom is 0.274 e. The molecule has 110 valence electrons. The zero-order valence-corrected chi connectivity index (χ0v) is 12.0. The van der Waals surface area contributed by atoms with Crippen LogP contribution in [0.1, 0.15) is 30.8 Å². The maximum atomic E-state index is 12.6. The van der Waals surface area contributed by atoms with E-state index in [9.17, 15) is 9.59 Å². The number of amides is 2. The highest BCUT2D eigenvalue weighted by molar-refractivity contribution is 5.97. The predicted octanol–water partition coefficient (Wildman–Crippen LogP) is 0.180. The fraction of sp³-hybridized carbons (Fsp3) is 0.615. The lowest BCUT2D eigenvalue weighted by molar-refractivity contribution is -0.128. The van der Waals surface area contributed by atoms with Crippen LogP contribution in [0.5, 0.6) is 0 Å². The highest BCUT2D eigenvalue weighted by atomic mass is 16.2. The van der Waals surface area contributed by atoms with Crippen molar-refractivity contribution in [3.05, 3.63) is 11.9 Å². The number of rotatable bonds is 2. The molecule has 2 amide bonds. The third-order valence-corrected chi connectivity index (χ3v) is 3.60. The molecule has 7 nitrogen and oxygen atoms in total. The number of carbonyl (C=O) groups is 2. The van der Waals surface area contributed by atoms with Crippen molar-refractivity contribution in [1.82, 2.24) is 19.6 Å². The first-order valence-corrected chi connectivity index (χ1v) is 6.90. The fourth-order valence-electron chi connectivity index (χ4n) is 2.46. The van der Waals surface area contributed by atoms with E-state index in [2.05, 4.69) is 5.10 Å². The van der Waals surface area contributed by atoms with E-state index in [1.165, 1.54) is 6.20 Å². The molecule has 0 unspecified atom stereocenters. The molecule has 1 aliphatic heterocycles. The Morgan fingerprint density at radius 2 is 1.90 bits per heavy atom. The van der Waals surface area contributed by atoms with Gasteiger partial charge in [-0.15, -0.1) is 0 Å². The van der Waals surface area contributed by atoms with Crippen LogP contribution < -0.4 is 5.73 Å². The van der Waals surface area contributed by atoms with Gasteiger partial charge in [0.25, 0.3) is 5.91 Å². The van der Waals surface area contributed by atoms with E-state index in [1.807, 2.05) is 6.92 Å². The summed E-state index contributed by atoms with van der Waals surface area (Å²) >= 11 is 0. The Hall–Kier alpha value is -2.05. The van der Waals surface area contributed by atoms with Crippen molar-refractivity contribution in [3.8, 4) is 0 Å². The summed E-state index contributed by atoms with van der Waals surface area (Å²) in [5, 5.41) is 4.10. The SMILES string of the molecule is CCn1ncc(N)c1C(=O)N1CCCN(C(C)=O)CC1. The van der Waals surface area contributed by atoms with E-state index < -0.39 is 0 Å². The highest BCUT2D eigenvalue weighted by Gasteiger charge is 2.25. The van der Waals surface area contributed by atoms with Crippen LogP contribution in [0.2, 0.25) is 0 Å². The summed E-state index contributed by atoms with van der Waals surface area (Å²) in [6.07, 6.45) is 2.29. The van der Waals surface area contributed by atoms with Gasteiger partial charge in [0, 0.05) is 39.6 Å². The molecule has 1 aromatic rings. The third-order valence-electron chi connectivity index (χ3n) is 3.60. The van der Waals surface area contributed by atoms with Crippen LogP contribution in [-0.4, -0.2) is 57.6 Å². The summed E-state index contributed by atoms with van der Waals surface area (Å²) in [4.78, 5) is 27.5. The second-order valence-corrected chi connectivity index (χ2v) is 4.92. The van der Waals surface area contributed by atoms with Crippen LogP contribution in [0.3, 0.4) is 0 Å². The topological polar surface area (TPSA) is 84.5 Å². The molecule has 0 spiro atoms. The largest absolute Gasteiger partial charge is 0.396 e. The highest BCUT2D eigenvalue weighted by Crippen LogP contribution is 2.15. The van der Waals surface area contributed by atoms with E-state index >= 15 is 0 Å². The Morgan fingerprint density at radius 3 is 2.55 bits per heavy atom. The molecular formula is C13H21N5O2. The lowest BCUT2D eigenvalue weighted by Gasteiger charge is -2.21. The van der Waals surface area contributed by atoms with Gasteiger partial charge in [0.2, 0.25) is 5.91 Å². The molecular weight excluding hydrogens is 258 g/mol. The molecule has 2 N–H and O–H groups in total. The fourth-order valence-corrected chi connectivity index (χ4v) is 2.46. The third kappa shape index (κ3) is 2.76. The predicted molar refractivity (Wildman–Crippen MR) is 75.1 cm³/mol. The monoisotopic (exact) mass is 279 g/mol. The van der Waals surface area contributed by atoms with Crippen molar-refractivity contribution in [2.75, 3.05) is 31.9 Å². The second-order valence-electron chi connectivity index (χ2n) is 4.92. The number of carbonyl (C=O) groups excluding carboxylic acids is 2. The van der Waals surface area contributed by atoms with Crippen LogP contribution in [0.15, 0.2) is 6.20 Å². The number of aryl methyl sites for hydroxylation is 1. The van der Waals surface area contributed by atoms with Crippen molar-refractivity contribution in [2.45, 2.75) is 26.8 Å². The van der Waals surface area contributed by atoms with Crippen molar-refractivity contribution < 1.29 is 9.59 Å². The summed E-state index contributed by atoms with van der Waals surface area (Å²) in [6.45, 7) is 6.52. The van der Waals surface area contributed by atoms with Crippen molar-refractivity contribution >= 4 is 17.5 Å². The average Bonchev–Trinajstić information content (AvgIpc) is 2.64. The van der Waals surface area contributed by atoms with Crippen LogP contribution in [0, 0.1) is 0 Å². The van der Waals surface area contributed by atoms with Gasteiger partial charge in [0.1, 0.15) is 5.69 Å². The summed E-state index contributed by atoms with van der Waals surface area (Å²) in [5.74, 6) is -0.0512. The van der Waals surface area contributed by atoms with Gasteiger partial charge in [-0.2, -0.15) is 5.10 Å². The minimum atomic E-state index is -0.104. The van der Waals surface area contributed by atoms with Gasteiger partial charge in [0.15, 0.2) is 0 Å². The van der Waals surface area contributed by atoms with Gasteiger partial charge in [-0.25, -0.2) is 0 Å². The van der Waals surface area contributed by atoms with Gasteiger partial charge in [0.05, 0.1) is 11.9 Å². The number of anilines is 1. The molecule has 0 atom stereocenters. The lowest BCUT2D eigenvalue weighted by atomic mass is 10.3. The van der Waals surface area contributed by atoms with Crippen molar-refractivity contribution in [1.29, 1.82) is 0 Å². The Kier molecular flexibility index (Phi) is 4.26. The Morgan fingerprint density at radius 1 is 1.25 bits per heavy atom. The summed E-state index contributed by atoms with van der Waals surface area (Å²) in [6, 6.07) is 0. The van der Waals surface area contributed by atoms with Crippen molar-refractivity contribution in [2.24, 2.45) is 0 Å². The molecule has 0 radical (unpaired) electrons. The van der Waals surface area contributed by atoms with Crippen LogP contribution >= 0.6 is 0 Å². The van der Waals surface area contributed by atoms with E-state index in [0.29, 0.717) is 44.1 Å². The number of aromatic nitrogens is 2. The van der Waals surface area contributed by atoms with Crippen LogP contribution in [0.4, 0.5) is 5.69 Å². The number of hydrogen-bond acceptors (Lipinski definition) is 4. The van der Waals surface area contributed by atoms with Crippen LogP contribution in [0.25, 0.3) is 0 Å². The number of nitrogens with two attached hydrogens (primary N) is 1. The molecule has 20 heavy (non-hydrogen) atoms. The quantitative estimate of drug-likeness (QED) is 0.837. The summed E-state index contributed by atoms with van der Waals surface area (Å²) in [5.41, 5.74) is 6.70. The van der Waals surface area contributed by atoms with E-state index in [-0.39, 0.29) is 11.8 Å². The summed E-state index contributed by atoms with van der Waals surface area (Å²) in [7, 11) is 0. The molecule has 0 saturated carbocycles. The van der Waals surface area contributed by atoms with Gasteiger partial charge >= 0.3 is 0 Å². The molecule has 0 aromatic carbocycles. The first-order chi connectivity index (χ1) is 9.54. The normalized spacial score (nSPS) is 16.1. The minimum absolute atomic E-state index is 0.0532. The van der Waals surface area contributed by atoms with Gasteiger partial charge in [-0.3, -0.25) is 14.3 Å². The number of nitrogens with zero attached hydrogens (tertiary/aromatic N) is 4. The number of hydrogen-bond donors (Lipinski definition) is 1. The lowest BCUT2D eigenvalue weighted by Crippen LogP contribution is -2.37. The first-order valence-electron chi connectivity index (χ1n) is 6.90. The van der Waals surface area contributed by atoms with Gasteiger partial charge in [-0.1, -0.05) is 0 Å².